The average Bonchev–Trinajstić information content (AvgIpc) is 3.09. The summed E-state index contributed by atoms with van der Waals surface area (Å²) in [6.07, 6.45) is 4.21. The van der Waals surface area contributed by atoms with Crippen LogP contribution in [0.4, 0.5) is 0 Å². The Morgan fingerprint density at radius 3 is 2.80 bits per heavy atom. The van der Waals surface area contributed by atoms with Gasteiger partial charge in [0, 0.05) is 13.2 Å². The van der Waals surface area contributed by atoms with Gasteiger partial charge in [0.1, 0.15) is 5.75 Å². The van der Waals surface area contributed by atoms with Crippen LogP contribution in [0.25, 0.3) is 0 Å². The fourth-order valence-corrected chi connectivity index (χ4v) is 1.15. The third-order valence-electron chi connectivity index (χ3n) is 2.22. The number of ether oxygens (including phenoxy) is 3. The van der Waals surface area contributed by atoms with Gasteiger partial charge in [0.25, 0.3) is 0 Å². The normalized spacial score (nSPS) is 15.0. The van der Waals surface area contributed by atoms with E-state index in [1.54, 1.807) is 13.3 Å². The molecule has 1 aliphatic rings. The fourth-order valence-electron chi connectivity index (χ4n) is 1.15. The van der Waals surface area contributed by atoms with Crippen LogP contribution in [0.5, 0.6) is 11.6 Å². The maximum absolute atomic E-state index is 5.49. The molecule has 4 nitrogen and oxygen atoms in total. The van der Waals surface area contributed by atoms with Crippen LogP contribution in [0.3, 0.4) is 0 Å². The van der Waals surface area contributed by atoms with Gasteiger partial charge in [0.15, 0.2) is 6.79 Å². The van der Waals surface area contributed by atoms with E-state index in [4.69, 9.17) is 14.2 Å². The summed E-state index contributed by atoms with van der Waals surface area (Å²) < 4.78 is 15.5. The van der Waals surface area contributed by atoms with E-state index in [9.17, 15) is 0 Å². The highest BCUT2D eigenvalue weighted by molar-refractivity contribution is 5.22. The number of pyridine rings is 1. The average molecular weight is 209 g/mol. The van der Waals surface area contributed by atoms with Crippen LogP contribution in [0.1, 0.15) is 12.8 Å². The summed E-state index contributed by atoms with van der Waals surface area (Å²) in [5.74, 6) is 2.10. The van der Waals surface area contributed by atoms with Crippen molar-refractivity contribution in [3.63, 3.8) is 0 Å². The van der Waals surface area contributed by atoms with Gasteiger partial charge < -0.3 is 14.2 Å². The number of hydrogen-bond donors (Lipinski definition) is 0. The molecule has 0 unspecified atom stereocenters. The predicted octanol–water partition coefficient (Wildman–Crippen LogP) is 1.85. The molecule has 1 saturated carbocycles. The Morgan fingerprint density at radius 2 is 2.20 bits per heavy atom. The Balaban J connectivity index is 1.79. The zero-order chi connectivity index (χ0) is 10.5. The van der Waals surface area contributed by atoms with Gasteiger partial charge in [-0.25, -0.2) is 4.98 Å². The minimum absolute atomic E-state index is 0.240. The number of hydrogen-bond acceptors (Lipinski definition) is 4. The van der Waals surface area contributed by atoms with E-state index >= 15 is 0 Å². The molecule has 1 aromatic rings. The first-order chi connectivity index (χ1) is 7.38. The Morgan fingerprint density at radius 1 is 1.33 bits per heavy atom. The number of rotatable bonds is 6. The zero-order valence-electron chi connectivity index (χ0n) is 8.81. The van der Waals surface area contributed by atoms with Crippen molar-refractivity contribution in [3.05, 3.63) is 18.3 Å². The number of methoxy groups -OCH3 is 1. The molecule has 82 valence electrons. The molecule has 1 heterocycles. The van der Waals surface area contributed by atoms with Crippen molar-refractivity contribution in [2.75, 3.05) is 20.5 Å². The lowest BCUT2D eigenvalue weighted by molar-refractivity contribution is 0.0507. The van der Waals surface area contributed by atoms with Gasteiger partial charge in [-0.1, -0.05) is 0 Å². The van der Waals surface area contributed by atoms with E-state index < -0.39 is 0 Å². The molecule has 0 bridgehead atoms. The van der Waals surface area contributed by atoms with Crippen LogP contribution in [-0.2, 0) is 4.74 Å². The topological polar surface area (TPSA) is 40.6 Å². The summed E-state index contributed by atoms with van der Waals surface area (Å²) in [6, 6.07) is 3.64. The lowest BCUT2D eigenvalue weighted by Crippen LogP contribution is -2.02. The first kappa shape index (κ1) is 10.2. The lowest BCUT2D eigenvalue weighted by Gasteiger charge is -2.06. The van der Waals surface area contributed by atoms with Crippen LogP contribution in [0.15, 0.2) is 18.3 Å². The monoisotopic (exact) mass is 209 g/mol. The third-order valence-corrected chi connectivity index (χ3v) is 2.22. The van der Waals surface area contributed by atoms with Gasteiger partial charge in [-0.15, -0.1) is 0 Å². The molecular formula is C11H15NO3. The first-order valence-corrected chi connectivity index (χ1v) is 5.09. The molecule has 0 atom stereocenters. The lowest BCUT2D eigenvalue weighted by atomic mass is 10.4. The molecule has 15 heavy (non-hydrogen) atoms. The van der Waals surface area contributed by atoms with Crippen molar-refractivity contribution in [1.29, 1.82) is 0 Å². The molecule has 0 amide bonds. The second-order valence-electron chi connectivity index (χ2n) is 3.64. The molecule has 0 radical (unpaired) electrons. The van der Waals surface area contributed by atoms with E-state index in [0.29, 0.717) is 11.6 Å². The first-order valence-electron chi connectivity index (χ1n) is 5.09. The smallest absolute Gasteiger partial charge is 0.213 e. The van der Waals surface area contributed by atoms with Gasteiger partial charge in [-0.3, -0.25) is 0 Å². The molecule has 4 heteroatoms. The van der Waals surface area contributed by atoms with Crippen LogP contribution >= 0.6 is 0 Å². The fraction of sp³-hybridized carbons (Fsp3) is 0.545. The second kappa shape index (κ2) is 4.98. The van der Waals surface area contributed by atoms with E-state index in [0.717, 1.165) is 12.5 Å². The molecule has 2 rings (SSSR count). The summed E-state index contributed by atoms with van der Waals surface area (Å²) in [5.41, 5.74) is 0. The van der Waals surface area contributed by atoms with Crippen molar-refractivity contribution in [1.82, 2.24) is 4.98 Å². The van der Waals surface area contributed by atoms with Gasteiger partial charge in [-0.05, 0) is 24.8 Å². The highest BCUT2D eigenvalue weighted by atomic mass is 16.7. The highest BCUT2D eigenvalue weighted by Crippen LogP contribution is 2.29. The third kappa shape index (κ3) is 3.40. The predicted molar refractivity (Wildman–Crippen MR) is 55.0 cm³/mol. The van der Waals surface area contributed by atoms with E-state index in [-0.39, 0.29) is 6.79 Å². The van der Waals surface area contributed by atoms with E-state index in [1.165, 1.54) is 12.8 Å². The molecular weight excluding hydrogens is 194 g/mol. The Bertz CT molecular complexity index is 295. The van der Waals surface area contributed by atoms with Crippen LogP contribution in [0, 0.1) is 5.92 Å². The summed E-state index contributed by atoms with van der Waals surface area (Å²) in [7, 11) is 1.58. The molecule has 1 fully saturated rings. The quantitative estimate of drug-likeness (QED) is 0.670. The maximum Gasteiger partial charge on any atom is 0.213 e. The van der Waals surface area contributed by atoms with E-state index in [1.807, 2.05) is 12.1 Å². The van der Waals surface area contributed by atoms with E-state index in [2.05, 4.69) is 4.98 Å². The summed E-state index contributed by atoms with van der Waals surface area (Å²) in [6.45, 7) is 1.02. The Hall–Kier alpha value is -1.29. The molecule has 0 aliphatic heterocycles. The summed E-state index contributed by atoms with van der Waals surface area (Å²) >= 11 is 0. The van der Waals surface area contributed by atoms with Crippen LogP contribution < -0.4 is 9.47 Å². The van der Waals surface area contributed by atoms with Gasteiger partial charge in [0.2, 0.25) is 5.88 Å². The van der Waals surface area contributed by atoms with Crippen molar-refractivity contribution in [3.8, 4) is 11.6 Å². The molecule has 0 N–H and O–H groups in total. The molecule has 0 aromatic carbocycles. The molecule has 0 spiro atoms. The van der Waals surface area contributed by atoms with Crippen LogP contribution in [0.2, 0.25) is 0 Å². The standard InChI is InChI=1S/C11H15NO3/c1-13-8-15-10-4-5-11(12-6-10)14-7-9-2-3-9/h4-6,9H,2-3,7-8H2,1H3. The largest absolute Gasteiger partial charge is 0.477 e. The highest BCUT2D eigenvalue weighted by Gasteiger charge is 2.21. The molecule has 0 saturated heterocycles. The minimum Gasteiger partial charge on any atom is -0.477 e. The van der Waals surface area contributed by atoms with Gasteiger partial charge in [-0.2, -0.15) is 0 Å². The molecule has 1 aliphatic carbocycles. The van der Waals surface area contributed by atoms with Crippen molar-refractivity contribution < 1.29 is 14.2 Å². The van der Waals surface area contributed by atoms with Gasteiger partial charge in [0.05, 0.1) is 12.8 Å². The van der Waals surface area contributed by atoms with Gasteiger partial charge >= 0.3 is 0 Å². The van der Waals surface area contributed by atoms with Crippen molar-refractivity contribution in [2.45, 2.75) is 12.8 Å². The summed E-state index contributed by atoms with van der Waals surface area (Å²) in [4.78, 5) is 4.13. The van der Waals surface area contributed by atoms with Crippen molar-refractivity contribution >= 4 is 0 Å². The number of nitrogens with zero attached hydrogens (tertiary/aromatic N) is 1. The zero-order valence-corrected chi connectivity index (χ0v) is 8.81. The maximum atomic E-state index is 5.49. The van der Waals surface area contributed by atoms with Crippen molar-refractivity contribution in [2.24, 2.45) is 5.92 Å². The second-order valence-corrected chi connectivity index (χ2v) is 3.64. The summed E-state index contributed by atoms with van der Waals surface area (Å²) in [5, 5.41) is 0. The number of aromatic nitrogens is 1. The van der Waals surface area contributed by atoms with Crippen LogP contribution in [-0.4, -0.2) is 25.5 Å². The Kier molecular flexibility index (Phi) is 3.40. The Labute approximate surface area is 89.2 Å². The molecule has 1 aromatic heterocycles. The minimum atomic E-state index is 0.240. The SMILES string of the molecule is COCOc1ccc(OCC2CC2)nc1.